The molecule has 37 heavy (non-hydrogen) atoms. The largest absolute Gasteiger partial charge is 0.350 e. The lowest BCUT2D eigenvalue weighted by atomic mass is 10.0. The highest BCUT2D eigenvalue weighted by molar-refractivity contribution is 7.92. The van der Waals surface area contributed by atoms with E-state index in [2.05, 4.69) is 5.32 Å². The first kappa shape index (κ1) is 30.4. The molecular weight excluding hydrogens is 486 g/mol. The molecule has 0 spiro atoms. The summed E-state index contributed by atoms with van der Waals surface area (Å²) in [7, 11) is -3.54. The zero-order valence-corrected chi connectivity index (χ0v) is 24.4. The third-order valence-corrected chi connectivity index (χ3v) is 7.50. The fraction of sp³-hybridized carbons (Fsp3) is 0.517. The lowest BCUT2D eigenvalue weighted by molar-refractivity contribution is -0.142. The summed E-state index contributed by atoms with van der Waals surface area (Å²) in [6, 6.07) is 12.8. The van der Waals surface area contributed by atoms with Crippen molar-refractivity contribution in [2.45, 2.75) is 85.9 Å². The molecule has 1 N–H and O–H groups in total. The molecule has 1 atom stereocenters. The normalized spacial score (nSPS) is 12.6. The number of rotatable bonds is 11. The molecule has 0 aliphatic rings. The number of nitrogens with zero attached hydrogens (tertiary/aromatic N) is 2. The van der Waals surface area contributed by atoms with Crippen LogP contribution in [0.25, 0.3) is 0 Å². The number of carbonyl (C=O) groups excluding carboxylic acids is 2. The van der Waals surface area contributed by atoms with Gasteiger partial charge in [-0.2, -0.15) is 0 Å². The lowest BCUT2D eigenvalue weighted by Gasteiger charge is -2.33. The molecule has 0 aromatic heterocycles. The molecule has 2 aromatic carbocycles. The Morgan fingerprint density at radius 2 is 1.68 bits per heavy atom. The van der Waals surface area contributed by atoms with Gasteiger partial charge in [-0.3, -0.25) is 13.9 Å². The van der Waals surface area contributed by atoms with Gasteiger partial charge in [0.15, 0.2) is 0 Å². The van der Waals surface area contributed by atoms with Crippen LogP contribution in [0.1, 0.15) is 69.2 Å². The third-order valence-electron chi connectivity index (χ3n) is 6.32. The Balaban J connectivity index is 2.28. The first-order valence-corrected chi connectivity index (χ1v) is 14.7. The van der Waals surface area contributed by atoms with Crippen molar-refractivity contribution in [3.63, 3.8) is 0 Å². The number of hydrogen-bond donors (Lipinski definition) is 1. The van der Waals surface area contributed by atoms with E-state index >= 15 is 0 Å². The van der Waals surface area contributed by atoms with Gasteiger partial charge in [0.05, 0.1) is 11.9 Å². The van der Waals surface area contributed by atoms with Crippen LogP contribution in [0.5, 0.6) is 0 Å². The lowest BCUT2D eigenvalue weighted by Crippen LogP contribution is -2.53. The van der Waals surface area contributed by atoms with E-state index in [-0.39, 0.29) is 24.8 Å². The third kappa shape index (κ3) is 8.88. The van der Waals surface area contributed by atoms with Crippen LogP contribution in [-0.4, -0.2) is 49.5 Å². The zero-order chi connectivity index (χ0) is 28.0. The first-order valence-electron chi connectivity index (χ1n) is 12.8. The van der Waals surface area contributed by atoms with Crippen molar-refractivity contribution in [3.8, 4) is 0 Å². The van der Waals surface area contributed by atoms with Gasteiger partial charge < -0.3 is 10.2 Å². The van der Waals surface area contributed by atoms with E-state index < -0.39 is 21.6 Å². The number of aryl methyl sites for hydroxylation is 2. The van der Waals surface area contributed by atoms with Crippen LogP contribution in [0.2, 0.25) is 0 Å². The van der Waals surface area contributed by atoms with E-state index in [0.717, 1.165) is 22.3 Å². The second-order valence-corrected chi connectivity index (χ2v) is 12.7. The fourth-order valence-electron chi connectivity index (χ4n) is 4.37. The van der Waals surface area contributed by atoms with Crippen LogP contribution in [0.3, 0.4) is 0 Å². The molecule has 2 amide bonds. The summed E-state index contributed by atoms with van der Waals surface area (Å²) in [6.07, 6.45) is 2.12. The van der Waals surface area contributed by atoms with E-state index in [1.165, 1.54) is 10.6 Å². The summed E-state index contributed by atoms with van der Waals surface area (Å²) in [5.41, 5.74) is 4.12. The molecule has 0 unspecified atom stereocenters. The van der Waals surface area contributed by atoms with Gasteiger partial charge in [-0.1, -0.05) is 48.9 Å². The van der Waals surface area contributed by atoms with Crippen molar-refractivity contribution in [3.05, 3.63) is 64.7 Å². The monoisotopic (exact) mass is 529 g/mol. The van der Waals surface area contributed by atoms with Crippen LogP contribution in [0, 0.1) is 20.8 Å². The summed E-state index contributed by atoms with van der Waals surface area (Å²) in [5, 5.41) is 3.01. The van der Waals surface area contributed by atoms with Gasteiger partial charge in [0.1, 0.15) is 6.04 Å². The van der Waals surface area contributed by atoms with Gasteiger partial charge in [0.2, 0.25) is 21.8 Å². The van der Waals surface area contributed by atoms with E-state index in [9.17, 15) is 18.0 Å². The minimum Gasteiger partial charge on any atom is -0.350 e. The number of carbonyl (C=O) groups is 2. The Labute approximate surface area is 223 Å². The van der Waals surface area contributed by atoms with Crippen LogP contribution < -0.4 is 9.62 Å². The van der Waals surface area contributed by atoms with Crippen LogP contribution >= 0.6 is 0 Å². The molecule has 2 rings (SSSR count). The standard InChI is InChI=1S/C29H43N3O4S/c1-9-25(28(34)30-29(5,6)7)31(20-24-15-10-13-21(2)19-24)27(33)17-12-18-32(37(8,35)36)26-16-11-14-22(3)23(26)4/h10-11,13-16,19,25H,9,12,17-18,20H2,1-8H3,(H,30,34)/t25-/m1/s1. The smallest absolute Gasteiger partial charge is 0.243 e. The minimum absolute atomic E-state index is 0.127. The maximum absolute atomic E-state index is 13.6. The number of anilines is 1. The fourth-order valence-corrected chi connectivity index (χ4v) is 5.38. The van der Waals surface area contributed by atoms with Crippen molar-refractivity contribution in [2.75, 3.05) is 17.1 Å². The molecule has 7 nitrogen and oxygen atoms in total. The van der Waals surface area contributed by atoms with Crippen molar-refractivity contribution in [2.24, 2.45) is 0 Å². The molecule has 0 fully saturated rings. The Hall–Kier alpha value is -2.87. The highest BCUT2D eigenvalue weighted by Gasteiger charge is 2.31. The zero-order valence-electron chi connectivity index (χ0n) is 23.6. The average molecular weight is 530 g/mol. The molecule has 2 aromatic rings. The predicted molar refractivity (Wildman–Crippen MR) is 151 cm³/mol. The second kappa shape index (κ2) is 12.6. The van der Waals surface area contributed by atoms with Gasteiger partial charge in [-0.05, 0) is 77.1 Å². The molecular formula is C29H43N3O4S. The van der Waals surface area contributed by atoms with Gasteiger partial charge in [-0.15, -0.1) is 0 Å². The quantitative estimate of drug-likeness (QED) is 0.449. The highest BCUT2D eigenvalue weighted by Crippen LogP contribution is 2.25. The summed E-state index contributed by atoms with van der Waals surface area (Å²) >= 11 is 0. The van der Waals surface area contributed by atoms with Gasteiger partial charge in [0.25, 0.3) is 0 Å². The number of amides is 2. The van der Waals surface area contributed by atoms with Crippen LogP contribution in [0.4, 0.5) is 5.69 Å². The Bertz CT molecular complexity index is 1200. The van der Waals surface area contributed by atoms with Crippen molar-refractivity contribution < 1.29 is 18.0 Å². The molecule has 0 saturated heterocycles. The Morgan fingerprint density at radius 1 is 1.03 bits per heavy atom. The molecule has 0 aliphatic carbocycles. The summed E-state index contributed by atoms with van der Waals surface area (Å²) in [4.78, 5) is 28.4. The van der Waals surface area contributed by atoms with Gasteiger partial charge in [0, 0.05) is 25.0 Å². The number of sulfonamides is 1. The van der Waals surface area contributed by atoms with E-state index in [4.69, 9.17) is 0 Å². The van der Waals surface area contributed by atoms with Crippen molar-refractivity contribution in [1.82, 2.24) is 10.2 Å². The minimum atomic E-state index is -3.54. The van der Waals surface area contributed by atoms with Crippen LogP contribution in [-0.2, 0) is 26.2 Å². The Kier molecular flexibility index (Phi) is 10.3. The number of hydrogen-bond acceptors (Lipinski definition) is 4. The molecule has 204 valence electrons. The number of nitrogens with one attached hydrogen (secondary N) is 1. The topological polar surface area (TPSA) is 86.8 Å². The second-order valence-electron chi connectivity index (χ2n) is 10.8. The molecule has 0 saturated carbocycles. The number of benzene rings is 2. The maximum Gasteiger partial charge on any atom is 0.243 e. The molecule has 0 bridgehead atoms. The highest BCUT2D eigenvalue weighted by atomic mass is 32.2. The summed E-state index contributed by atoms with van der Waals surface area (Å²) in [5.74, 6) is -0.365. The maximum atomic E-state index is 13.6. The summed E-state index contributed by atoms with van der Waals surface area (Å²) < 4.78 is 26.6. The molecule has 0 heterocycles. The molecule has 0 radical (unpaired) electrons. The SMILES string of the molecule is CC[C@H](C(=O)NC(C)(C)C)N(Cc1cccc(C)c1)C(=O)CCCN(c1cccc(C)c1C)S(C)(=O)=O. The first-order chi connectivity index (χ1) is 17.1. The van der Waals surface area contributed by atoms with E-state index in [0.29, 0.717) is 25.1 Å². The predicted octanol–water partition coefficient (Wildman–Crippen LogP) is 4.88. The average Bonchev–Trinajstić information content (AvgIpc) is 2.76. The molecule has 0 aliphatic heterocycles. The van der Waals surface area contributed by atoms with Crippen LogP contribution in [0.15, 0.2) is 42.5 Å². The van der Waals surface area contributed by atoms with E-state index in [1.54, 1.807) is 11.0 Å². The van der Waals surface area contributed by atoms with Crippen molar-refractivity contribution in [1.29, 1.82) is 0 Å². The van der Waals surface area contributed by atoms with Gasteiger partial charge in [-0.25, -0.2) is 8.42 Å². The summed E-state index contributed by atoms with van der Waals surface area (Å²) in [6.45, 7) is 14.0. The Morgan fingerprint density at radius 3 is 2.24 bits per heavy atom. The van der Waals surface area contributed by atoms with Crippen molar-refractivity contribution >= 4 is 27.5 Å². The van der Waals surface area contributed by atoms with Gasteiger partial charge >= 0.3 is 0 Å². The molecule has 8 heteroatoms. The van der Waals surface area contributed by atoms with E-state index in [1.807, 2.05) is 84.9 Å².